The third kappa shape index (κ3) is 2.62. The second-order valence-electron chi connectivity index (χ2n) is 6.67. The van der Waals surface area contributed by atoms with Crippen molar-refractivity contribution in [2.24, 2.45) is 18.7 Å². The number of para-hydroxylation sites is 1. The molecule has 1 heterocycles. The molecule has 1 aliphatic carbocycles. The van der Waals surface area contributed by atoms with Crippen LogP contribution in [-0.2, 0) is 7.05 Å². The minimum Gasteiger partial charge on any atom is -0.348 e. The van der Waals surface area contributed by atoms with E-state index in [9.17, 15) is 0 Å². The molecule has 1 saturated carbocycles. The summed E-state index contributed by atoms with van der Waals surface area (Å²) < 4.78 is 2.34. The van der Waals surface area contributed by atoms with Crippen LogP contribution in [-0.4, -0.2) is 11.1 Å². The Kier molecular flexibility index (Phi) is 4.34. The molecule has 1 atom stereocenters. The van der Waals surface area contributed by atoms with Crippen LogP contribution in [0.2, 0.25) is 0 Å². The van der Waals surface area contributed by atoms with Crippen LogP contribution in [0, 0.1) is 12.8 Å². The highest BCUT2D eigenvalue weighted by molar-refractivity contribution is 5.86. The topological polar surface area (TPSA) is 30.9 Å². The summed E-state index contributed by atoms with van der Waals surface area (Å²) in [6, 6.07) is 8.80. The molecule has 1 aliphatic rings. The van der Waals surface area contributed by atoms with Crippen molar-refractivity contribution in [2.75, 3.05) is 6.54 Å². The summed E-state index contributed by atoms with van der Waals surface area (Å²) in [5, 5.41) is 1.41. The van der Waals surface area contributed by atoms with Gasteiger partial charge in [0.2, 0.25) is 0 Å². The third-order valence-electron chi connectivity index (χ3n) is 5.54. The number of hydrogen-bond acceptors (Lipinski definition) is 1. The second-order valence-corrected chi connectivity index (χ2v) is 6.67. The highest BCUT2D eigenvalue weighted by Crippen LogP contribution is 2.39. The molecule has 1 aromatic carbocycles. The molecular formula is C19H28N2. The smallest absolute Gasteiger partial charge is 0.0482 e. The highest BCUT2D eigenvalue weighted by Gasteiger charge is 2.27. The van der Waals surface area contributed by atoms with E-state index < -0.39 is 0 Å². The van der Waals surface area contributed by atoms with Crippen molar-refractivity contribution in [1.82, 2.24) is 4.57 Å². The maximum Gasteiger partial charge on any atom is 0.0482 e. The minimum absolute atomic E-state index is 0.522. The standard InChI is InChI=1S/C19H28N2/c1-14-19(16-11-7-8-12-18(16)21(14)2)17(13-20)15-9-5-3-4-6-10-15/h7-8,11-12,15,17H,3-6,9-10,13,20H2,1-2H3. The Labute approximate surface area is 128 Å². The maximum atomic E-state index is 6.25. The van der Waals surface area contributed by atoms with Gasteiger partial charge in [0.25, 0.3) is 0 Å². The van der Waals surface area contributed by atoms with E-state index in [0.717, 1.165) is 12.5 Å². The zero-order chi connectivity index (χ0) is 14.8. The van der Waals surface area contributed by atoms with Gasteiger partial charge in [0, 0.05) is 29.6 Å². The summed E-state index contributed by atoms with van der Waals surface area (Å²) in [6.45, 7) is 3.04. The molecule has 0 spiro atoms. The largest absolute Gasteiger partial charge is 0.348 e. The van der Waals surface area contributed by atoms with E-state index >= 15 is 0 Å². The molecule has 0 amide bonds. The van der Waals surface area contributed by atoms with E-state index in [4.69, 9.17) is 5.73 Å². The van der Waals surface area contributed by atoms with Gasteiger partial charge in [-0.05, 0) is 43.9 Å². The predicted octanol–water partition coefficient (Wildman–Crippen LogP) is 4.50. The number of rotatable bonds is 3. The fourth-order valence-corrected chi connectivity index (χ4v) is 4.28. The van der Waals surface area contributed by atoms with Crippen LogP contribution in [0.5, 0.6) is 0 Å². The Morgan fingerprint density at radius 3 is 2.48 bits per heavy atom. The van der Waals surface area contributed by atoms with Gasteiger partial charge >= 0.3 is 0 Å². The fraction of sp³-hybridized carbons (Fsp3) is 0.579. The lowest BCUT2D eigenvalue weighted by molar-refractivity contribution is 0.380. The van der Waals surface area contributed by atoms with Gasteiger partial charge in [0.15, 0.2) is 0 Å². The Bertz CT molecular complexity index is 603. The second kappa shape index (κ2) is 6.23. The number of nitrogens with zero attached hydrogens (tertiary/aromatic N) is 1. The van der Waals surface area contributed by atoms with Crippen LogP contribution in [0.4, 0.5) is 0 Å². The first-order valence-electron chi connectivity index (χ1n) is 8.48. The molecule has 2 heteroatoms. The maximum absolute atomic E-state index is 6.25. The molecule has 0 bridgehead atoms. The van der Waals surface area contributed by atoms with Gasteiger partial charge < -0.3 is 10.3 Å². The monoisotopic (exact) mass is 284 g/mol. The molecule has 1 aromatic heterocycles. The van der Waals surface area contributed by atoms with Crippen molar-refractivity contribution in [3.8, 4) is 0 Å². The van der Waals surface area contributed by atoms with Crippen LogP contribution in [0.3, 0.4) is 0 Å². The van der Waals surface area contributed by atoms with E-state index in [1.807, 2.05) is 0 Å². The quantitative estimate of drug-likeness (QED) is 0.827. The van der Waals surface area contributed by atoms with Crippen molar-refractivity contribution >= 4 is 10.9 Å². The van der Waals surface area contributed by atoms with Crippen molar-refractivity contribution in [1.29, 1.82) is 0 Å². The molecule has 114 valence electrons. The van der Waals surface area contributed by atoms with Gasteiger partial charge in [-0.15, -0.1) is 0 Å². The van der Waals surface area contributed by atoms with Gasteiger partial charge in [0.1, 0.15) is 0 Å². The van der Waals surface area contributed by atoms with E-state index in [1.165, 1.54) is 60.7 Å². The molecule has 0 saturated heterocycles. The average molecular weight is 284 g/mol. The number of aryl methyl sites for hydroxylation is 1. The summed E-state index contributed by atoms with van der Waals surface area (Å²) in [6.07, 6.45) is 8.27. The molecule has 0 aliphatic heterocycles. The normalized spacial score (nSPS) is 18.8. The van der Waals surface area contributed by atoms with Crippen molar-refractivity contribution in [2.45, 2.75) is 51.4 Å². The number of aromatic nitrogens is 1. The number of fused-ring (bicyclic) bond motifs is 1. The van der Waals surface area contributed by atoms with E-state index in [-0.39, 0.29) is 0 Å². The lowest BCUT2D eigenvalue weighted by atomic mass is 9.80. The highest BCUT2D eigenvalue weighted by atomic mass is 14.9. The first-order chi connectivity index (χ1) is 10.2. The predicted molar refractivity (Wildman–Crippen MR) is 90.6 cm³/mol. The summed E-state index contributed by atoms with van der Waals surface area (Å²) in [5.41, 5.74) is 10.5. The fourth-order valence-electron chi connectivity index (χ4n) is 4.28. The number of hydrogen-bond donors (Lipinski definition) is 1. The number of nitrogens with two attached hydrogens (primary N) is 1. The third-order valence-corrected chi connectivity index (χ3v) is 5.54. The summed E-state index contributed by atoms with van der Waals surface area (Å²) >= 11 is 0. The van der Waals surface area contributed by atoms with E-state index in [1.54, 1.807) is 0 Å². The van der Waals surface area contributed by atoms with Crippen LogP contribution >= 0.6 is 0 Å². The lowest BCUT2D eigenvalue weighted by Crippen LogP contribution is -2.22. The SMILES string of the molecule is Cc1c(C(CN)C2CCCCCC2)c2ccccc2n1C. The van der Waals surface area contributed by atoms with Crippen LogP contribution in [0.1, 0.15) is 55.7 Å². The Morgan fingerprint density at radius 1 is 1.14 bits per heavy atom. The molecule has 1 fully saturated rings. The molecule has 3 rings (SSSR count). The molecule has 21 heavy (non-hydrogen) atoms. The van der Waals surface area contributed by atoms with Crippen LogP contribution in [0.15, 0.2) is 24.3 Å². The molecule has 2 nitrogen and oxygen atoms in total. The van der Waals surface area contributed by atoms with Crippen molar-refractivity contribution < 1.29 is 0 Å². The Hall–Kier alpha value is -1.28. The minimum atomic E-state index is 0.522. The van der Waals surface area contributed by atoms with Crippen LogP contribution < -0.4 is 5.73 Å². The molecule has 2 N–H and O–H groups in total. The zero-order valence-corrected chi connectivity index (χ0v) is 13.4. The first kappa shape index (κ1) is 14.6. The summed E-state index contributed by atoms with van der Waals surface area (Å²) in [7, 11) is 2.18. The van der Waals surface area contributed by atoms with E-state index in [2.05, 4.69) is 42.8 Å². The molecule has 2 aromatic rings. The summed E-state index contributed by atoms with van der Waals surface area (Å²) in [5.74, 6) is 1.29. The Balaban J connectivity index is 2.06. The van der Waals surface area contributed by atoms with Crippen LogP contribution in [0.25, 0.3) is 10.9 Å². The van der Waals surface area contributed by atoms with Gasteiger partial charge in [0.05, 0.1) is 0 Å². The van der Waals surface area contributed by atoms with Crippen molar-refractivity contribution in [3.05, 3.63) is 35.5 Å². The van der Waals surface area contributed by atoms with Gasteiger partial charge in [-0.1, -0.05) is 43.9 Å². The molecule has 0 radical (unpaired) electrons. The lowest BCUT2D eigenvalue weighted by Gasteiger charge is -2.26. The molecule has 1 unspecified atom stereocenters. The van der Waals surface area contributed by atoms with Gasteiger partial charge in [-0.25, -0.2) is 0 Å². The summed E-state index contributed by atoms with van der Waals surface area (Å²) in [4.78, 5) is 0. The number of benzene rings is 1. The average Bonchev–Trinajstić information content (AvgIpc) is 2.71. The van der Waals surface area contributed by atoms with Gasteiger partial charge in [-0.2, -0.15) is 0 Å². The molecular weight excluding hydrogens is 256 g/mol. The van der Waals surface area contributed by atoms with Crippen molar-refractivity contribution in [3.63, 3.8) is 0 Å². The zero-order valence-electron chi connectivity index (χ0n) is 13.4. The Morgan fingerprint density at radius 2 is 1.81 bits per heavy atom. The van der Waals surface area contributed by atoms with E-state index in [0.29, 0.717) is 5.92 Å². The first-order valence-corrected chi connectivity index (χ1v) is 8.48. The van der Waals surface area contributed by atoms with Gasteiger partial charge in [-0.3, -0.25) is 0 Å².